The molecule has 8 heteroatoms. The molecule has 3 rings (SSSR count). The van der Waals surface area contributed by atoms with Crippen LogP contribution in [0.15, 0.2) is 60.7 Å². The number of carbonyl (C=O) groups is 3. The first-order valence-corrected chi connectivity index (χ1v) is 11.2. The first-order valence-electron chi connectivity index (χ1n) is 11.2. The minimum Gasteiger partial charge on any atom is -0.493 e. The fraction of sp³-hybridized carbons (Fsp3) is 0.269. The molecule has 0 fully saturated rings. The summed E-state index contributed by atoms with van der Waals surface area (Å²) in [6.45, 7) is 2.76. The second kappa shape index (κ2) is 12.2. The lowest BCUT2D eigenvalue weighted by Crippen LogP contribution is -2.42. The molecule has 3 aromatic carbocycles. The number of rotatable bonds is 10. The van der Waals surface area contributed by atoms with E-state index in [1.165, 1.54) is 7.11 Å². The van der Waals surface area contributed by atoms with Crippen molar-refractivity contribution >= 4 is 28.5 Å². The molecule has 178 valence electrons. The average Bonchev–Trinajstić information content (AvgIpc) is 2.87. The van der Waals surface area contributed by atoms with Gasteiger partial charge in [-0.25, -0.2) is 0 Å². The van der Waals surface area contributed by atoms with Crippen LogP contribution < -0.4 is 25.6 Å². The van der Waals surface area contributed by atoms with Gasteiger partial charge in [0.1, 0.15) is 0 Å². The summed E-state index contributed by atoms with van der Waals surface area (Å²) in [6, 6.07) is 18.0. The number of nitrogens with one attached hydrogen (secondary N) is 3. The number of hydrazine groups is 1. The number of hydrogen-bond acceptors (Lipinski definition) is 5. The first-order chi connectivity index (χ1) is 16.5. The molecule has 0 heterocycles. The van der Waals surface area contributed by atoms with Crippen LogP contribution in [0.4, 0.5) is 0 Å². The van der Waals surface area contributed by atoms with Gasteiger partial charge in [-0.15, -0.1) is 0 Å². The predicted octanol–water partition coefficient (Wildman–Crippen LogP) is 3.61. The highest BCUT2D eigenvalue weighted by Crippen LogP contribution is 2.28. The van der Waals surface area contributed by atoms with Gasteiger partial charge in [0, 0.05) is 24.1 Å². The monoisotopic (exact) mass is 463 g/mol. The van der Waals surface area contributed by atoms with Gasteiger partial charge in [0.15, 0.2) is 11.5 Å². The maximum Gasteiger partial charge on any atom is 0.269 e. The molecule has 0 aromatic heterocycles. The zero-order chi connectivity index (χ0) is 24.3. The number of amides is 3. The molecule has 8 nitrogen and oxygen atoms in total. The van der Waals surface area contributed by atoms with Crippen LogP contribution >= 0.6 is 0 Å². The Morgan fingerprint density at radius 2 is 1.56 bits per heavy atom. The molecule has 34 heavy (non-hydrogen) atoms. The molecule has 0 unspecified atom stereocenters. The van der Waals surface area contributed by atoms with E-state index in [2.05, 4.69) is 23.1 Å². The van der Waals surface area contributed by atoms with Crippen molar-refractivity contribution in [3.63, 3.8) is 0 Å². The molecular weight excluding hydrogens is 434 g/mol. The largest absolute Gasteiger partial charge is 0.493 e. The predicted molar refractivity (Wildman–Crippen MR) is 130 cm³/mol. The van der Waals surface area contributed by atoms with Crippen molar-refractivity contribution in [2.45, 2.75) is 26.2 Å². The summed E-state index contributed by atoms with van der Waals surface area (Å²) in [6.07, 6.45) is 1.93. The summed E-state index contributed by atoms with van der Waals surface area (Å²) in [5.74, 6) is -0.202. The second-order valence-electron chi connectivity index (χ2n) is 7.64. The van der Waals surface area contributed by atoms with Crippen molar-refractivity contribution in [2.24, 2.45) is 0 Å². The van der Waals surface area contributed by atoms with E-state index in [0.717, 1.165) is 23.6 Å². The third-order valence-electron chi connectivity index (χ3n) is 5.15. The van der Waals surface area contributed by atoms with Gasteiger partial charge in [-0.2, -0.15) is 0 Å². The molecule has 0 aliphatic carbocycles. The van der Waals surface area contributed by atoms with Gasteiger partial charge in [-0.1, -0.05) is 43.7 Å². The van der Waals surface area contributed by atoms with E-state index in [0.29, 0.717) is 29.2 Å². The normalized spacial score (nSPS) is 10.4. The van der Waals surface area contributed by atoms with E-state index < -0.39 is 11.8 Å². The van der Waals surface area contributed by atoms with E-state index in [1.54, 1.807) is 30.3 Å². The molecule has 0 aliphatic heterocycles. The van der Waals surface area contributed by atoms with Crippen LogP contribution in [0.3, 0.4) is 0 Å². The zero-order valence-electron chi connectivity index (χ0n) is 19.4. The summed E-state index contributed by atoms with van der Waals surface area (Å²) in [5.41, 5.74) is 5.54. The number of hydrogen-bond donors (Lipinski definition) is 3. The van der Waals surface area contributed by atoms with Crippen LogP contribution in [-0.2, 0) is 4.79 Å². The van der Waals surface area contributed by atoms with Crippen molar-refractivity contribution in [3.8, 4) is 11.5 Å². The Morgan fingerprint density at radius 3 is 2.32 bits per heavy atom. The van der Waals surface area contributed by atoms with Crippen LogP contribution in [0.1, 0.15) is 46.9 Å². The van der Waals surface area contributed by atoms with E-state index in [-0.39, 0.29) is 18.9 Å². The maximum absolute atomic E-state index is 12.4. The number of carbonyl (C=O) groups excluding carboxylic acids is 3. The van der Waals surface area contributed by atoms with Crippen LogP contribution in [-0.4, -0.2) is 38.0 Å². The van der Waals surface area contributed by atoms with Crippen LogP contribution in [0.5, 0.6) is 11.5 Å². The fourth-order valence-corrected chi connectivity index (χ4v) is 3.24. The average molecular weight is 464 g/mol. The quantitative estimate of drug-likeness (QED) is 0.315. The van der Waals surface area contributed by atoms with Gasteiger partial charge in [0.25, 0.3) is 11.8 Å². The summed E-state index contributed by atoms with van der Waals surface area (Å²) in [5, 5.41) is 4.73. The molecule has 3 aromatic rings. The molecule has 0 aliphatic rings. The molecule has 0 spiro atoms. The van der Waals surface area contributed by atoms with Crippen molar-refractivity contribution in [2.75, 3.05) is 20.3 Å². The number of methoxy groups -OCH3 is 1. The maximum atomic E-state index is 12.4. The summed E-state index contributed by atoms with van der Waals surface area (Å²) in [7, 11) is 1.50. The van der Waals surface area contributed by atoms with Gasteiger partial charge in [0.2, 0.25) is 5.91 Å². The third kappa shape index (κ3) is 6.71. The Hall–Kier alpha value is -4.07. The second-order valence-corrected chi connectivity index (χ2v) is 7.64. The highest BCUT2D eigenvalue weighted by Gasteiger charge is 2.13. The lowest BCUT2D eigenvalue weighted by molar-refractivity contribution is -0.121. The third-order valence-corrected chi connectivity index (χ3v) is 5.15. The van der Waals surface area contributed by atoms with Gasteiger partial charge in [0.05, 0.1) is 13.7 Å². The summed E-state index contributed by atoms with van der Waals surface area (Å²) < 4.78 is 11.0. The highest BCUT2D eigenvalue weighted by atomic mass is 16.5. The molecule has 3 amide bonds. The van der Waals surface area contributed by atoms with Crippen molar-refractivity contribution in [1.29, 1.82) is 0 Å². The lowest BCUT2D eigenvalue weighted by atomic mass is 10.1. The highest BCUT2D eigenvalue weighted by molar-refractivity contribution is 5.99. The Morgan fingerprint density at radius 1 is 0.824 bits per heavy atom. The van der Waals surface area contributed by atoms with Crippen LogP contribution in [0.2, 0.25) is 0 Å². The Labute approximate surface area is 198 Å². The zero-order valence-corrected chi connectivity index (χ0v) is 19.4. The van der Waals surface area contributed by atoms with Crippen molar-refractivity contribution < 1.29 is 23.9 Å². The molecule has 3 N–H and O–H groups in total. The van der Waals surface area contributed by atoms with Crippen molar-refractivity contribution in [1.82, 2.24) is 16.2 Å². The van der Waals surface area contributed by atoms with Crippen LogP contribution in [0, 0.1) is 0 Å². The van der Waals surface area contributed by atoms with Crippen LogP contribution in [0.25, 0.3) is 10.8 Å². The van der Waals surface area contributed by atoms with Gasteiger partial charge in [-0.05, 0) is 47.5 Å². The van der Waals surface area contributed by atoms with Gasteiger partial charge < -0.3 is 14.8 Å². The Bertz CT molecular complexity index is 1160. The minimum atomic E-state index is -0.494. The van der Waals surface area contributed by atoms with E-state index in [4.69, 9.17) is 9.47 Å². The SMILES string of the molecule is CCCCOc1ccc(C(=O)NNC(=O)CCNC(=O)c2ccc3ccccc3c2)cc1OC. The first kappa shape index (κ1) is 24.6. The number of ether oxygens (including phenoxy) is 2. The number of fused-ring (bicyclic) bond motifs is 1. The molecule has 0 saturated heterocycles. The smallest absolute Gasteiger partial charge is 0.269 e. The summed E-state index contributed by atoms with van der Waals surface area (Å²) >= 11 is 0. The van der Waals surface area contributed by atoms with E-state index in [1.807, 2.05) is 30.3 Å². The van der Waals surface area contributed by atoms with E-state index in [9.17, 15) is 14.4 Å². The van der Waals surface area contributed by atoms with Crippen molar-refractivity contribution in [3.05, 3.63) is 71.8 Å². The van der Waals surface area contributed by atoms with Gasteiger partial charge >= 0.3 is 0 Å². The number of benzene rings is 3. The minimum absolute atomic E-state index is 0.00707. The topological polar surface area (TPSA) is 106 Å². The fourth-order valence-electron chi connectivity index (χ4n) is 3.24. The van der Waals surface area contributed by atoms with E-state index >= 15 is 0 Å². The number of unbranched alkanes of at least 4 members (excludes halogenated alkanes) is 1. The molecule has 0 radical (unpaired) electrons. The van der Waals surface area contributed by atoms with Gasteiger partial charge in [-0.3, -0.25) is 25.2 Å². The molecule has 0 saturated carbocycles. The molecule has 0 bridgehead atoms. The lowest BCUT2D eigenvalue weighted by Gasteiger charge is -2.12. The molecule has 0 atom stereocenters. The summed E-state index contributed by atoms with van der Waals surface area (Å²) in [4.78, 5) is 36.8. The Kier molecular flexibility index (Phi) is 8.85. The Balaban J connectivity index is 1.44. The molecular formula is C26H29N3O5. The standard InChI is InChI=1S/C26H29N3O5/c1-3-4-15-34-22-12-11-21(17-23(22)33-2)26(32)29-28-24(30)13-14-27-25(31)20-10-9-18-7-5-6-8-19(18)16-20/h5-12,16-17H,3-4,13-15H2,1-2H3,(H,27,31)(H,28,30)(H,29,32).